The number of aryl methyl sites for hydroxylation is 1. The molecule has 1 aromatic carbocycles. The minimum atomic E-state index is -1.03. The lowest BCUT2D eigenvalue weighted by Crippen LogP contribution is -2.40. The molecule has 0 fully saturated rings. The van der Waals surface area contributed by atoms with Gasteiger partial charge in [-0.25, -0.2) is 4.79 Å². The number of nitrogens with one attached hydrogen (secondary N) is 1. The predicted octanol–water partition coefficient (Wildman–Crippen LogP) is 1.30. The van der Waals surface area contributed by atoms with Crippen molar-refractivity contribution < 1.29 is 19.8 Å². The van der Waals surface area contributed by atoms with Gasteiger partial charge in [-0.2, -0.15) is 0 Å². The average molecular weight is 251 g/mol. The molecule has 0 radical (unpaired) electrons. The largest absolute Gasteiger partial charge is 0.508 e. The molecular weight excluding hydrogens is 234 g/mol. The molecule has 0 heterocycles. The fourth-order valence-corrected chi connectivity index (χ4v) is 1.58. The van der Waals surface area contributed by atoms with Gasteiger partial charge in [0.2, 0.25) is 5.91 Å². The molecule has 1 unspecified atom stereocenters. The van der Waals surface area contributed by atoms with Crippen molar-refractivity contribution in [3.8, 4) is 5.75 Å². The van der Waals surface area contributed by atoms with E-state index in [1.165, 1.54) is 0 Å². The third kappa shape index (κ3) is 4.08. The van der Waals surface area contributed by atoms with Crippen molar-refractivity contribution >= 4 is 11.9 Å². The van der Waals surface area contributed by atoms with Crippen LogP contribution in [0.1, 0.15) is 25.3 Å². The number of carbonyl (C=O) groups is 2. The van der Waals surface area contributed by atoms with Gasteiger partial charge in [0.05, 0.1) is 0 Å². The quantitative estimate of drug-likeness (QED) is 0.711. The molecule has 0 aliphatic carbocycles. The fraction of sp³-hybridized carbons (Fsp3) is 0.385. The second kappa shape index (κ2) is 6.64. The van der Waals surface area contributed by atoms with E-state index in [-0.39, 0.29) is 18.1 Å². The van der Waals surface area contributed by atoms with Crippen LogP contribution in [-0.4, -0.2) is 28.1 Å². The van der Waals surface area contributed by atoms with E-state index < -0.39 is 12.0 Å². The summed E-state index contributed by atoms with van der Waals surface area (Å²) in [6.45, 7) is 1.70. The van der Waals surface area contributed by atoms with E-state index in [9.17, 15) is 14.7 Å². The SMILES string of the molecule is CCC(NC(=O)CCc1ccccc1O)C(=O)O. The summed E-state index contributed by atoms with van der Waals surface area (Å²) in [5.74, 6) is -1.21. The van der Waals surface area contributed by atoms with Crippen molar-refractivity contribution in [2.45, 2.75) is 32.2 Å². The monoisotopic (exact) mass is 251 g/mol. The number of aromatic hydroxyl groups is 1. The normalized spacial score (nSPS) is 11.8. The number of carboxylic acid groups (broad SMARTS) is 1. The molecule has 0 saturated heterocycles. The Hall–Kier alpha value is -2.04. The van der Waals surface area contributed by atoms with Crippen LogP contribution in [-0.2, 0) is 16.0 Å². The first-order valence-electron chi connectivity index (χ1n) is 5.83. The van der Waals surface area contributed by atoms with E-state index >= 15 is 0 Å². The lowest BCUT2D eigenvalue weighted by Gasteiger charge is -2.12. The zero-order chi connectivity index (χ0) is 13.5. The second-order valence-electron chi connectivity index (χ2n) is 4.00. The van der Waals surface area contributed by atoms with Crippen molar-refractivity contribution in [1.82, 2.24) is 5.32 Å². The number of hydrogen-bond acceptors (Lipinski definition) is 3. The summed E-state index contributed by atoms with van der Waals surface area (Å²) in [4.78, 5) is 22.3. The van der Waals surface area contributed by atoms with Crippen LogP contribution in [0.4, 0.5) is 0 Å². The third-order valence-corrected chi connectivity index (χ3v) is 2.65. The number of hydrogen-bond donors (Lipinski definition) is 3. The second-order valence-corrected chi connectivity index (χ2v) is 4.00. The first-order valence-corrected chi connectivity index (χ1v) is 5.83. The van der Waals surface area contributed by atoms with Crippen molar-refractivity contribution in [3.63, 3.8) is 0 Å². The highest BCUT2D eigenvalue weighted by Crippen LogP contribution is 2.17. The molecule has 3 N–H and O–H groups in total. The van der Waals surface area contributed by atoms with Crippen molar-refractivity contribution in [3.05, 3.63) is 29.8 Å². The fourth-order valence-electron chi connectivity index (χ4n) is 1.58. The van der Waals surface area contributed by atoms with Gasteiger partial charge in [-0.3, -0.25) is 4.79 Å². The summed E-state index contributed by atoms with van der Waals surface area (Å²) in [5, 5.41) is 20.7. The molecule has 18 heavy (non-hydrogen) atoms. The lowest BCUT2D eigenvalue weighted by atomic mass is 10.1. The van der Waals surface area contributed by atoms with Gasteiger partial charge in [0.15, 0.2) is 0 Å². The molecule has 0 bridgehead atoms. The van der Waals surface area contributed by atoms with Crippen LogP contribution < -0.4 is 5.32 Å². The molecule has 5 nitrogen and oxygen atoms in total. The van der Waals surface area contributed by atoms with E-state index in [4.69, 9.17) is 5.11 Å². The highest BCUT2D eigenvalue weighted by Gasteiger charge is 2.17. The summed E-state index contributed by atoms with van der Waals surface area (Å²) in [6.07, 6.45) is 0.883. The highest BCUT2D eigenvalue weighted by molar-refractivity contribution is 5.83. The Bertz CT molecular complexity index is 431. The Morgan fingerprint density at radius 2 is 2.00 bits per heavy atom. The van der Waals surface area contributed by atoms with E-state index in [1.807, 2.05) is 0 Å². The van der Waals surface area contributed by atoms with Crippen LogP contribution in [0.25, 0.3) is 0 Å². The number of benzene rings is 1. The molecule has 1 atom stereocenters. The maximum atomic E-state index is 11.5. The number of carbonyl (C=O) groups excluding carboxylic acids is 1. The smallest absolute Gasteiger partial charge is 0.326 e. The Balaban J connectivity index is 2.47. The van der Waals surface area contributed by atoms with Gasteiger partial charge in [0.1, 0.15) is 11.8 Å². The van der Waals surface area contributed by atoms with Crippen LogP contribution in [0.2, 0.25) is 0 Å². The molecule has 5 heteroatoms. The third-order valence-electron chi connectivity index (χ3n) is 2.65. The van der Waals surface area contributed by atoms with Gasteiger partial charge < -0.3 is 15.5 Å². The first kappa shape index (κ1) is 14.0. The summed E-state index contributed by atoms with van der Waals surface area (Å²) in [7, 11) is 0. The van der Waals surface area contributed by atoms with Gasteiger partial charge in [-0.15, -0.1) is 0 Å². The molecule has 0 aliphatic rings. The maximum absolute atomic E-state index is 11.5. The average Bonchev–Trinajstić information content (AvgIpc) is 2.34. The molecule has 0 aliphatic heterocycles. The maximum Gasteiger partial charge on any atom is 0.326 e. The minimum absolute atomic E-state index is 0.149. The zero-order valence-electron chi connectivity index (χ0n) is 10.2. The van der Waals surface area contributed by atoms with Gasteiger partial charge in [-0.05, 0) is 24.5 Å². The predicted molar refractivity (Wildman–Crippen MR) is 66.3 cm³/mol. The van der Waals surface area contributed by atoms with Crippen molar-refractivity contribution in [1.29, 1.82) is 0 Å². The molecule has 1 rings (SSSR count). The van der Waals surface area contributed by atoms with E-state index in [0.29, 0.717) is 18.4 Å². The highest BCUT2D eigenvalue weighted by atomic mass is 16.4. The number of carboxylic acids is 1. The Labute approximate surface area is 105 Å². The molecule has 1 aromatic rings. The number of phenolic OH excluding ortho intramolecular Hbond substituents is 1. The van der Waals surface area contributed by atoms with E-state index in [1.54, 1.807) is 31.2 Å². The molecule has 0 aromatic heterocycles. The van der Waals surface area contributed by atoms with E-state index in [0.717, 1.165) is 0 Å². The van der Waals surface area contributed by atoms with Crippen LogP contribution in [0.3, 0.4) is 0 Å². The molecule has 98 valence electrons. The van der Waals surface area contributed by atoms with Crippen LogP contribution in [0.15, 0.2) is 24.3 Å². The first-order chi connectivity index (χ1) is 8.54. The Morgan fingerprint density at radius 1 is 1.33 bits per heavy atom. The standard InChI is InChI=1S/C13H17NO4/c1-2-10(13(17)18)14-12(16)8-7-9-5-3-4-6-11(9)15/h3-6,10,15H,2,7-8H2,1H3,(H,14,16)(H,17,18). The van der Waals surface area contributed by atoms with Crippen LogP contribution in [0, 0.1) is 0 Å². The van der Waals surface area contributed by atoms with Crippen LogP contribution in [0.5, 0.6) is 5.75 Å². The molecule has 1 amide bonds. The van der Waals surface area contributed by atoms with Gasteiger partial charge in [0, 0.05) is 6.42 Å². The zero-order valence-corrected chi connectivity index (χ0v) is 10.2. The summed E-state index contributed by atoms with van der Waals surface area (Å²) in [6, 6.07) is 5.92. The minimum Gasteiger partial charge on any atom is -0.508 e. The number of amides is 1. The number of phenols is 1. The summed E-state index contributed by atoms with van der Waals surface area (Å²) in [5.41, 5.74) is 0.677. The number of aliphatic carboxylic acids is 1. The Morgan fingerprint density at radius 3 is 2.56 bits per heavy atom. The molecular formula is C13H17NO4. The molecule has 0 saturated carbocycles. The van der Waals surface area contributed by atoms with E-state index in [2.05, 4.69) is 5.32 Å². The Kier molecular flexibility index (Phi) is 5.17. The van der Waals surface area contributed by atoms with Crippen LogP contribution >= 0.6 is 0 Å². The number of rotatable bonds is 6. The summed E-state index contributed by atoms with van der Waals surface area (Å²) >= 11 is 0. The lowest BCUT2D eigenvalue weighted by molar-refractivity contribution is -0.141. The van der Waals surface area contributed by atoms with Crippen molar-refractivity contribution in [2.75, 3.05) is 0 Å². The molecule has 0 spiro atoms. The topological polar surface area (TPSA) is 86.6 Å². The van der Waals surface area contributed by atoms with Gasteiger partial charge >= 0.3 is 5.97 Å². The van der Waals surface area contributed by atoms with Gasteiger partial charge in [0.25, 0.3) is 0 Å². The summed E-state index contributed by atoms with van der Waals surface area (Å²) < 4.78 is 0. The van der Waals surface area contributed by atoms with Gasteiger partial charge in [-0.1, -0.05) is 25.1 Å². The van der Waals surface area contributed by atoms with Crippen molar-refractivity contribution in [2.24, 2.45) is 0 Å². The number of para-hydroxylation sites is 1.